The van der Waals surface area contributed by atoms with Gasteiger partial charge < -0.3 is 41.3 Å². The minimum absolute atomic E-state index is 0.0274. The summed E-state index contributed by atoms with van der Waals surface area (Å²) in [5.41, 5.74) is 1.31. The summed E-state index contributed by atoms with van der Waals surface area (Å²) in [4.78, 5) is 53.6. The van der Waals surface area contributed by atoms with Crippen LogP contribution in [0.1, 0.15) is 84.1 Å². The molecule has 1 heterocycles. The average Bonchev–Trinajstić information content (AvgIpc) is 3.58. The summed E-state index contributed by atoms with van der Waals surface area (Å²) in [6, 6.07) is 7.28. The largest absolute Gasteiger partial charge is 0.480 e. The van der Waals surface area contributed by atoms with Gasteiger partial charge in [0.05, 0.1) is 37.9 Å². The molecule has 336 valence electrons. The smallest absolute Gasteiger partial charge is 0.317 e. The Morgan fingerprint density at radius 3 is 2.00 bits per heavy atom. The molecule has 5 aliphatic rings. The molecule has 1 aromatic carbocycles. The minimum atomic E-state index is -0.987. The fourth-order valence-electron chi connectivity index (χ4n) is 12.7. The highest BCUT2D eigenvalue weighted by Gasteiger charge is 2.65. The third-order valence-corrected chi connectivity index (χ3v) is 16.0. The van der Waals surface area contributed by atoms with Crippen molar-refractivity contribution in [2.24, 2.45) is 46.3 Å². The zero-order valence-electron chi connectivity index (χ0n) is 35.9. The van der Waals surface area contributed by atoms with Crippen molar-refractivity contribution in [2.75, 3.05) is 70.8 Å². The van der Waals surface area contributed by atoms with E-state index in [0.29, 0.717) is 77.2 Å². The van der Waals surface area contributed by atoms with Crippen LogP contribution in [0.3, 0.4) is 0 Å². The number of hydrogen-bond acceptors (Lipinski definition) is 11. The number of aliphatic hydroxyl groups excluding tert-OH is 3. The lowest BCUT2D eigenvalue weighted by Gasteiger charge is -2.63. The van der Waals surface area contributed by atoms with E-state index >= 15 is 0 Å². The van der Waals surface area contributed by atoms with Gasteiger partial charge in [-0.2, -0.15) is 0 Å². The number of carbonyl (C=O) groups excluding carboxylic acids is 1. The van der Waals surface area contributed by atoms with Gasteiger partial charge in [-0.05, 0) is 122 Å². The van der Waals surface area contributed by atoms with Crippen LogP contribution < -0.4 is 10.6 Å². The number of rotatable bonds is 16. The fraction of sp³-hybridized carbons (Fsp3) is 0.778. The number of fused-ring (bicyclic) bond motifs is 5. The standard InChI is InChI=1S/C45H71N5O10/c1-28(34-9-10-35-43-36(23-38(53)45(34,35)3)44(2)13-12-33(51)21-30(44)22-37(43)52)4-11-39(54)47-31-7-5-29(6-8-31)20-32(46-24-40(55)56)25-48-14-16-49(26-41(57)58)18-19-50(17-15-48)27-42(59)60/h5-8,28,30,32-38,43,46,51-53H,4,9-27H2,1-3H3,(H,47,54)(H,55,56)(H,57,58)(H,59,60)/t28?,30?,32?,33-,34?,35?,36?,37-,38?,43?,44+,45-/m1/s1. The van der Waals surface area contributed by atoms with Crippen LogP contribution >= 0.6 is 0 Å². The van der Waals surface area contributed by atoms with Gasteiger partial charge in [-0.15, -0.1) is 0 Å². The second-order valence-corrected chi connectivity index (χ2v) is 19.6. The fourth-order valence-corrected chi connectivity index (χ4v) is 12.7. The molecule has 1 aromatic rings. The van der Waals surface area contributed by atoms with Crippen LogP contribution in [0.15, 0.2) is 24.3 Å². The van der Waals surface area contributed by atoms with Gasteiger partial charge in [0.25, 0.3) is 0 Å². The number of hydrogen-bond donors (Lipinski definition) is 8. The van der Waals surface area contributed by atoms with Crippen molar-refractivity contribution in [1.29, 1.82) is 0 Å². The van der Waals surface area contributed by atoms with Crippen LogP contribution in [0, 0.1) is 46.3 Å². The number of carbonyl (C=O) groups is 4. The van der Waals surface area contributed by atoms with Gasteiger partial charge in [0.2, 0.25) is 5.91 Å². The van der Waals surface area contributed by atoms with Crippen LogP contribution in [0.4, 0.5) is 5.69 Å². The third kappa shape index (κ3) is 10.9. The van der Waals surface area contributed by atoms with E-state index in [-0.39, 0.29) is 84.0 Å². The first-order chi connectivity index (χ1) is 28.5. The van der Waals surface area contributed by atoms with E-state index in [1.54, 1.807) is 9.80 Å². The van der Waals surface area contributed by atoms with Gasteiger partial charge >= 0.3 is 17.9 Å². The summed E-state index contributed by atoms with van der Waals surface area (Å²) in [5, 5.41) is 68.5. The average molecular weight is 842 g/mol. The summed E-state index contributed by atoms with van der Waals surface area (Å²) < 4.78 is 0. The molecule has 15 nitrogen and oxygen atoms in total. The van der Waals surface area contributed by atoms with Gasteiger partial charge in [0, 0.05) is 64.0 Å². The maximum Gasteiger partial charge on any atom is 0.317 e. The number of aliphatic carboxylic acids is 3. The molecule has 60 heavy (non-hydrogen) atoms. The Kier molecular flexibility index (Phi) is 15.4. The quantitative estimate of drug-likeness (QED) is 0.120. The number of aliphatic hydroxyl groups is 3. The van der Waals surface area contributed by atoms with E-state index in [4.69, 9.17) is 0 Å². The van der Waals surface area contributed by atoms with Gasteiger partial charge in [0.1, 0.15) is 0 Å². The predicted molar refractivity (Wildman–Crippen MR) is 225 cm³/mol. The molecular weight excluding hydrogens is 771 g/mol. The van der Waals surface area contributed by atoms with E-state index in [2.05, 4.69) is 36.3 Å². The first-order valence-electron chi connectivity index (χ1n) is 22.4. The third-order valence-electron chi connectivity index (χ3n) is 16.0. The predicted octanol–water partition coefficient (Wildman–Crippen LogP) is 2.68. The molecule has 1 saturated heterocycles. The van der Waals surface area contributed by atoms with Crippen molar-refractivity contribution in [3.05, 3.63) is 29.8 Å². The lowest BCUT2D eigenvalue weighted by Crippen LogP contribution is -2.62. The number of benzene rings is 1. The number of carboxylic acids is 3. The monoisotopic (exact) mass is 842 g/mol. The van der Waals surface area contributed by atoms with Crippen molar-refractivity contribution in [3.63, 3.8) is 0 Å². The number of nitrogens with zero attached hydrogens (tertiary/aromatic N) is 3. The molecule has 0 bridgehead atoms. The zero-order chi connectivity index (χ0) is 43.4. The SMILES string of the molecule is CC(CCC(=O)Nc1ccc(CC(CN2CCN(CC(=O)O)CCN(CC(=O)O)CC2)NCC(=O)O)cc1)C1CCC2C3C(CC(O)[C@]12C)[C@@]1(C)CC[C@@H](O)CC1C[C@H]3O. The molecule has 8 N–H and O–H groups in total. The molecule has 0 radical (unpaired) electrons. The van der Waals surface area contributed by atoms with Crippen LogP contribution in [0.25, 0.3) is 0 Å². The van der Waals surface area contributed by atoms with Crippen LogP contribution in [0.2, 0.25) is 0 Å². The number of carboxylic acid groups (broad SMARTS) is 3. The summed E-state index contributed by atoms with van der Waals surface area (Å²) in [7, 11) is 0. The van der Waals surface area contributed by atoms with Crippen molar-refractivity contribution in [3.8, 4) is 0 Å². The molecule has 0 aromatic heterocycles. The van der Waals surface area contributed by atoms with Crippen molar-refractivity contribution in [2.45, 2.75) is 109 Å². The lowest BCUT2D eigenvalue weighted by atomic mass is 9.43. The van der Waals surface area contributed by atoms with Crippen LogP contribution in [-0.2, 0) is 25.6 Å². The highest BCUT2D eigenvalue weighted by Crippen LogP contribution is 2.68. The lowest BCUT2D eigenvalue weighted by molar-refractivity contribution is -0.207. The van der Waals surface area contributed by atoms with E-state index in [1.165, 1.54) is 0 Å². The summed E-state index contributed by atoms with van der Waals surface area (Å²) in [6.45, 7) is 9.63. The van der Waals surface area contributed by atoms with E-state index in [9.17, 15) is 49.8 Å². The number of amides is 1. The van der Waals surface area contributed by atoms with Crippen LogP contribution in [-0.4, -0.2) is 159 Å². The highest BCUT2D eigenvalue weighted by atomic mass is 16.4. The van der Waals surface area contributed by atoms with E-state index < -0.39 is 30.1 Å². The van der Waals surface area contributed by atoms with Gasteiger partial charge in [-0.25, -0.2) is 0 Å². The molecule has 5 fully saturated rings. The van der Waals surface area contributed by atoms with Gasteiger partial charge in [-0.1, -0.05) is 32.9 Å². The summed E-state index contributed by atoms with van der Waals surface area (Å²) in [5.74, 6) is -1.61. The Hall–Kier alpha value is -3.18. The Bertz CT molecular complexity index is 1620. The first kappa shape index (κ1) is 46.3. The topological polar surface area (TPSA) is 223 Å². The molecule has 4 saturated carbocycles. The first-order valence-corrected chi connectivity index (χ1v) is 22.4. The van der Waals surface area contributed by atoms with Gasteiger partial charge in [0.15, 0.2) is 0 Å². The molecule has 0 spiro atoms. The van der Waals surface area contributed by atoms with Crippen molar-refractivity contribution >= 4 is 29.5 Å². The number of anilines is 1. The highest BCUT2D eigenvalue weighted by molar-refractivity contribution is 5.90. The Labute approximate surface area is 354 Å². The minimum Gasteiger partial charge on any atom is -0.480 e. The second kappa shape index (κ2) is 19.9. The Balaban J connectivity index is 1.02. The maximum absolute atomic E-state index is 13.3. The van der Waals surface area contributed by atoms with Gasteiger partial charge in [-0.3, -0.25) is 33.9 Å². The Morgan fingerprint density at radius 1 is 0.783 bits per heavy atom. The summed E-state index contributed by atoms with van der Waals surface area (Å²) >= 11 is 0. The molecule has 8 unspecified atom stereocenters. The maximum atomic E-state index is 13.3. The number of nitrogens with one attached hydrogen (secondary N) is 2. The molecule has 15 heteroatoms. The molecule has 1 amide bonds. The Morgan fingerprint density at radius 2 is 1.40 bits per heavy atom. The zero-order valence-corrected chi connectivity index (χ0v) is 35.9. The second-order valence-electron chi connectivity index (χ2n) is 19.6. The van der Waals surface area contributed by atoms with E-state index in [1.807, 2.05) is 24.3 Å². The van der Waals surface area contributed by atoms with Crippen LogP contribution in [0.5, 0.6) is 0 Å². The molecule has 6 rings (SSSR count). The molecular formula is C45H71N5O10. The normalized spacial score (nSPS) is 35.1. The molecule has 1 aliphatic heterocycles. The molecule has 4 aliphatic carbocycles. The summed E-state index contributed by atoms with van der Waals surface area (Å²) in [6.07, 6.45) is 6.19. The van der Waals surface area contributed by atoms with Crippen molar-refractivity contribution in [1.82, 2.24) is 20.0 Å². The van der Waals surface area contributed by atoms with E-state index in [0.717, 1.165) is 44.1 Å². The van der Waals surface area contributed by atoms with Crippen molar-refractivity contribution < 1.29 is 49.8 Å². The molecule has 12 atom stereocenters.